The Bertz CT molecular complexity index is 1070. The lowest BCUT2D eigenvalue weighted by Crippen LogP contribution is -2.39. The molecule has 2 heterocycles. The highest BCUT2D eigenvalue weighted by Crippen LogP contribution is 2.54. The molecule has 2 aromatic rings. The Morgan fingerprint density at radius 2 is 1.42 bits per heavy atom. The molecule has 2 aliphatic heterocycles. The molecule has 33 heavy (non-hydrogen) atoms. The number of aliphatic hydroxyl groups is 1. The summed E-state index contributed by atoms with van der Waals surface area (Å²) in [5, 5.41) is 11.6. The van der Waals surface area contributed by atoms with Crippen LogP contribution < -0.4 is 18.9 Å². The highest BCUT2D eigenvalue weighted by atomic mass is 16.6. The third-order valence-corrected chi connectivity index (χ3v) is 5.91. The minimum atomic E-state index is -1.28. The van der Waals surface area contributed by atoms with E-state index in [4.69, 9.17) is 28.4 Å². The van der Waals surface area contributed by atoms with Gasteiger partial charge in [0.25, 0.3) is 0 Å². The molecule has 0 bridgehead atoms. The van der Waals surface area contributed by atoms with Crippen LogP contribution in [0.15, 0.2) is 36.4 Å². The van der Waals surface area contributed by atoms with Gasteiger partial charge >= 0.3 is 11.9 Å². The van der Waals surface area contributed by atoms with Crippen molar-refractivity contribution in [2.75, 3.05) is 27.4 Å². The molecule has 0 amide bonds. The predicted octanol–water partition coefficient (Wildman–Crippen LogP) is 2.74. The molecule has 0 aromatic heterocycles. The second kappa shape index (κ2) is 9.01. The van der Waals surface area contributed by atoms with Crippen molar-refractivity contribution in [3.63, 3.8) is 0 Å². The largest absolute Gasteiger partial charge is 0.493 e. The summed E-state index contributed by atoms with van der Waals surface area (Å²) in [5.41, 5.74) is 0.177. The zero-order valence-electron chi connectivity index (χ0n) is 18.8. The molecule has 0 spiro atoms. The molecule has 9 nitrogen and oxygen atoms in total. The molecule has 0 radical (unpaired) electrons. The molecule has 0 aliphatic carbocycles. The van der Waals surface area contributed by atoms with Gasteiger partial charge in [-0.05, 0) is 35.4 Å². The molecular weight excluding hydrogens is 432 g/mol. The highest BCUT2D eigenvalue weighted by molar-refractivity contribution is 5.71. The fourth-order valence-corrected chi connectivity index (χ4v) is 4.45. The summed E-state index contributed by atoms with van der Waals surface area (Å²) in [7, 11) is 2.96. The minimum Gasteiger partial charge on any atom is -0.493 e. The minimum absolute atomic E-state index is 0.0645. The van der Waals surface area contributed by atoms with Crippen molar-refractivity contribution in [3.05, 3.63) is 47.5 Å². The van der Waals surface area contributed by atoms with E-state index in [1.807, 2.05) is 0 Å². The first kappa shape index (κ1) is 23.0. The van der Waals surface area contributed by atoms with Gasteiger partial charge in [-0.25, -0.2) is 0 Å². The summed E-state index contributed by atoms with van der Waals surface area (Å²) in [5.74, 6) is 0.0978. The third-order valence-electron chi connectivity index (χ3n) is 5.91. The van der Waals surface area contributed by atoms with E-state index in [0.717, 1.165) is 5.56 Å². The van der Waals surface area contributed by atoms with E-state index < -0.39 is 29.7 Å². The van der Waals surface area contributed by atoms with Gasteiger partial charge in [0.15, 0.2) is 23.0 Å². The average Bonchev–Trinajstić information content (AvgIpc) is 3.28. The number of carbonyl (C=O) groups excluding carboxylic acids is 2. The first-order chi connectivity index (χ1) is 15.8. The van der Waals surface area contributed by atoms with Crippen molar-refractivity contribution in [3.8, 4) is 23.0 Å². The fraction of sp³-hybridized carbons (Fsp3) is 0.417. The standard InChI is InChI=1S/C24H26O9/c1-13(25)32-18-7-5-15(9-20(18)28-3)22-17-11-30-23(24(17,27)12-31-22)16-6-8-19(33-14(2)26)21(10-16)29-4/h5-10,17,22-23,27H,11-12H2,1-4H3/t17-,22-,23-,24-/m1/s1. The average molecular weight is 458 g/mol. The zero-order valence-corrected chi connectivity index (χ0v) is 18.8. The number of methoxy groups -OCH3 is 2. The number of ether oxygens (including phenoxy) is 6. The normalized spacial score (nSPS) is 25.9. The molecule has 9 heteroatoms. The Kier molecular flexibility index (Phi) is 6.29. The number of hydrogen-bond acceptors (Lipinski definition) is 9. The Morgan fingerprint density at radius 3 is 1.97 bits per heavy atom. The molecule has 1 N–H and O–H groups in total. The van der Waals surface area contributed by atoms with Gasteiger partial charge in [-0.2, -0.15) is 0 Å². The quantitative estimate of drug-likeness (QED) is 0.516. The van der Waals surface area contributed by atoms with E-state index in [0.29, 0.717) is 22.8 Å². The van der Waals surface area contributed by atoms with Crippen molar-refractivity contribution in [2.45, 2.75) is 31.7 Å². The van der Waals surface area contributed by atoms with Gasteiger partial charge < -0.3 is 33.5 Å². The smallest absolute Gasteiger partial charge is 0.308 e. The summed E-state index contributed by atoms with van der Waals surface area (Å²) in [4.78, 5) is 22.6. The van der Waals surface area contributed by atoms with Gasteiger partial charge in [0.05, 0.1) is 33.5 Å². The summed E-state index contributed by atoms with van der Waals surface area (Å²) in [6.45, 7) is 2.96. The molecule has 176 valence electrons. The molecule has 0 saturated carbocycles. The van der Waals surface area contributed by atoms with E-state index in [-0.39, 0.29) is 24.9 Å². The summed E-state index contributed by atoms with van der Waals surface area (Å²) in [6, 6.07) is 10.2. The van der Waals surface area contributed by atoms with E-state index in [1.54, 1.807) is 36.4 Å². The summed E-state index contributed by atoms with van der Waals surface area (Å²) in [6.07, 6.45) is -1.10. The van der Waals surface area contributed by atoms with Crippen LogP contribution in [-0.2, 0) is 19.1 Å². The molecule has 4 atom stereocenters. The van der Waals surface area contributed by atoms with Gasteiger partial charge in [-0.15, -0.1) is 0 Å². The van der Waals surface area contributed by atoms with Gasteiger partial charge in [0.2, 0.25) is 0 Å². The van der Waals surface area contributed by atoms with Gasteiger partial charge in [0, 0.05) is 19.8 Å². The highest BCUT2D eigenvalue weighted by Gasteiger charge is 2.59. The summed E-state index contributed by atoms with van der Waals surface area (Å²) >= 11 is 0. The molecule has 2 saturated heterocycles. The van der Waals surface area contributed by atoms with Crippen LogP contribution in [-0.4, -0.2) is 50.1 Å². The van der Waals surface area contributed by atoms with Crippen molar-refractivity contribution >= 4 is 11.9 Å². The molecule has 0 unspecified atom stereocenters. The topological polar surface area (TPSA) is 110 Å². The molecule has 2 aromatic carbocycles. The fourth-order valence-electron chi connectivity index (χ4n) is 4.45. The van der Waals surface area contributed by atoms with Gasteiger partial charge in [-0.1, -0.05) is 12.1 Å². The van der Waals surface area contributed by atoms with E-state index in [1.165, 1.54) is 28.1 Å². The number of fused-ring (bicyclic) bond motifs is 1. The number of benzene rings is 2. The maximum absolute atomic E-state index is 11.6. The predicted molar refractivity (Wildman–Crippen MR) is 114 cm³/mol. The number of esters is 2. The van der Waals surface area contributed by atoms with E-state index >= 15 is 0 Å². The molecule has 4 rings (SSSR count). The Morgan fingerprint density at radius 1 is 0.879 bits per heavy atom. The Labute approximate surface area is 191 Å². The number of carbonyl (C=O) groups is 2. The van der Waals surface area contributed by atoms with Crippen LogP contribution >= 0.6 is 0 Å². The van der Waals surface area contributed by atoms with Crippen LogP contribution in [0.25, 0.3) is 0 Å². The Balaban J connectivity index is 1.59. The van der Waals surface area contributed by atoms with Crippen molar-refractivity contribution in [1.82, 2.24) is 0 Å². The van der Waals surface area contributed by atoms with Gasteiger partial charge in [-0.3, -0.25) is 9.59 Å². The molecule has 2 fully saturated rings. The van der Waals surface area contributed by atoms with E-state index in [9.17, 15) is 14.7 Å². The maximum Gasteiger partial charge on any atom is 0.308 e. The second-order valence-corrected chi connectivity index (χ2v) is 8.05. The van der Waals surface area contributed by atoms with Crippen LogP contribution in [0.4, 0.5) is 0 Å². The molecular formula is C24H26O9. The number of rotatable bonds is 6. The van der Waals surface area contributed by atoms with Crippen molar-refractivity contribution in [1.29, 1.82) is 0 Å². The van der Waals surface area contributed by atoms with Crippen LogP contribution in [0.5, 0.6) is 23.0 Å². The molecule has 2 aliphatic rings. The van der Waals surface area contributed by atoms with Crippen molar-refractivity contribution in [2.24, 2.45) is 5.92 Å². The lowest BCUT2D eigenvalue weighted by atomic mass is 9.81. The van der Waals surface area contributed by atoms with Gasteiger partial charge in [0.1, 0.15) is 11.7 Å². The zero-order chi connectivity index (χ0) is 23.8. The van der Waals surface area contributed by atoms with Crippen LogP contribution in [0.3, 0.4) is 0 Å². The lowest BCUT2D eigenvalue weighted by molar-refractivity contribution is -0.132. The van der Waals surface area contributed by atoms with Crippen LogP contribution in [0, 0.1) is 5.92 Å². The first-order valence-corrected chi connectivity index (χ1v) is 10.4. The van der Waals surface area contributed by atoms with E-state index in [2.05, 4.69) is 0 Å². The summed E-state index contributed by atoms with van der Waals surface area (Å²) < 4.78 is 33.1. The maximum atomic E-state index is 11.6. The lowest BCUT2D eigenvalue weighted by Gasteiger charge is -2.27. The SMILES string of the molecule is COc1cc([C@H]2OC[C@]3(O)[C@@H](c4ccc(OC(C)=O)c(OC)c4)OC[C@H]23)ccc1OC(C)=O. The second-order valence-electron chi connectivity index (χ2n) is 8.05. The monoisotopic (exact) mass is 458 g/mol. The Hall–Kier alpha value is -3.14. The third kappa shape index (κ3) is 4.27. The van der Waals surface area contributed by atoms with Crippen molar-refractivity contribution < 1.29 is 43.1 Å². The van der Waals surface area contributed by atoms with Crippen LogP contribution in [0.2, 0.25) is 0 Å². The number of hydrogen-bond donors (Lipinski definition) is 1. The first-order valence-electron chi connectivity index (χ1n) is 10.4. The van der Waals surface area contributed by atoms with Crippen LogP contribution in [0.1, 0.15) is 37.2 Å².